The van der Waals surface area contributed by atoms with Crippen molar-refractivity contribution in [1.29, 1.82) is 0 Å². The number of hydrogen-bond donors (Lipinski definition) is 1. The highest BCUT2D eigenvalue weighted by Gasteiger charge is 2.14. The van der Waals surface area contributed by atoms with Crippen LogP contribution in [0.2, 0.25) is 10.0 Å². The highest BCUT2D eigenvalue weighted by Crippen LogP contribution is 2.23. The lowest BCUT2D eigenvalue weighted by atomic mass is 10.2. The molecule has 0 aliphatic carbocycles. The number of carbonyl (C=O) groups excluding carboxylic acids is 2. The lowest BCUT2D eigenvalue weighted by Gasteiger charge is -2.17. The van der Waals surface area contributed by atoms with Crippen molar-refractivity contribution in [2.24, 2.45) is 0 Å². The SMILES string of the molecule is CN(Cc1ccc(Cl)c(Cl)c1)C(=O)COC(=O)c1ccc(O)cc1. The Hall–Kier alpha value is -2.24. The van der Waals surface area contributed by atoms with Crippen LogP contribution in [0.4, 0.5) is 0 Å². The standard InChI is InChI=1S/C17H15Cl2NO4/c1-20(9-11-2-7-14(18)15(19)8-11)16(22)10-24-17(23)12-3-5-13(21)6-4-12/h2-8,21H,9-10H2,1H3. The summed E-state index contributed by atoms with van der Waals surface area (Å²) in [6, 6.07) is 10.7. The first-order valence-electron chi connectivity index (χ1n) is 7.01. The van der Waals surface area contributed by atoms with Crippen molar-refractivity contribution in [1.82, 2.24) is 4.90 Å². The van der Waals surface area contributed by atoms with Gasteiger partial charge in [0.25, 0.3) is 5.91 Å². The van der Waals surface area contributed by atoms with E-state index in [9.17, 15) is 14.7 Å². The number of nitrogens with zero attached hydrogens (tertiary/aromatic N) is 1. The maximum atomic E-state index is 12.0. The van der Waals surface area contributed by atoms with E-state index in [0.717, 1.165) is 5.56 Å². The molecular formula is C17H15Cl2NO4. The summed E-state index contributed by atoms with van der Waals surface area (Å²) >= 11 is 11.8. The smallest absolute Gasteiger partial charge is 0.338 e. The zero-order valence-corrected chi connectivity index (χ0v) is 14.3. The molecule has 24 heavy (non-hydrogen) atoms. The van der Waals surface area contributed by atoms with Crippen LogP contribution >= 0.6 is 23.2 Å². The minimum Gasteiger partial charge on any atom is -0.508 e. The second kappa shape index (κ2) is 8.04. The summed E-state index contributed by atoms with van der Waals surface area (Å²) in [7, 11) is 1.60. The summed E-state index contributed by atoms with van der Waals surface area (Å²) in [5.74, 6) is -0.941. The van der Waals surface area contributed by atoms with Gasteiger partial charge >= 0.3 is 5.97 Å². The lowest BCUT2D eigenvalue weighted by Crippen LogP contribution is -2.30. The van der Waals surface area contributed by atoms with Crippen LogP contribution in [0.5, 0.6) is 5.75 Å². The molecule has 126 valence electrons. The van der Waals surface area contributed by atoms with Crippen LogP contribution in [0.3, 0.4) is 0 Å². The minimum atomic E-state index is -0.633. The number of amides is 1. The van der Waals surface area contributed by atoms with Crippen molar-refractivity contribution in [3.63, 3.8) is 0 Å². The van der Waals surface area contributed by atoms with Crippen molar-refractivity contribution >= 4 is 35.1 Å². The van der Waals surface area contributed by atoms with E-state index in [2.05, 4.69) is 0 Å². The van der Waals surface area contributed by atoms with Gasteiger partial charge in [0.2, 0.25) is 0 Å². The van der Waals surface area contributed by atoms with Crippen LogP contribution < -0.4 is 0 Å². The van der Waals surface area contributed by atoms with Crippen LogP contribution in [0.15, 0.2) is 42.5 Å². The van der Waals surface area contributed by atoms with Gasteiger partial charge in [0.15, 0.2) is 6.61 Å². The van der Waals surface area contributed by atoms with E-state index in [1.807, 2.05) is 0 Å². The number of aromatic hydroxyl groups is 1. The largest absolute Gasteiger partial charge is 0.508 e. The number of ether oxygens (including phenoxy) is 1. The molecule has 0 aromatic heterocycles. The Balaban J connectivity index is 1.88. The van der Waals surface area contributed by atoms with Gasteiger partial charge in [-0.05, 0) is 42.0 Å². The Morgan fingerprint density at radius 3 is 2.38 bits per heavy atom. The first-order valence-corrected chi connectivity index (χ1v) is 7.76. The second-order valence-corrected chi connectivity index (χ2v) is 5.94. The number of phenolic OH excluding ortho intramolecular Hbond substituents is 1. The van der Waals surface area contributed by atoms with Gasteiger partial charge < -0.3 is 14.7 Å². The molecule has 1 N–H and O–H groups in total. The Kier molecular flexibility index (Phi) is 6.06. The van der Waals surface area contributed by atoms with Crippen LogP contribution in [0.1, 0.15) is 15.9 Å². The molecule has 0 atom stereocenters. The lowest BCUT2D eigenvalue weighted by molar-refractivity contribution is -0.133. The predicted octanol–water partition coefficient (Wildman–Crippen LogP) is 3.51. The number of phenols is 1. The predicted molar refractivity (Wildman–Crippen MR) is 91.3 cm³/mol. The van der Waals surface area contributed by atoms with Gasteiger partial charge in [-0.1, -0.05) is 29.3 Å². The molecule has 0 spiro atoms. The Morgan fingerprint density at radius 1 is 1.08 bits per heavy atom. The Bertz CT molecular complexity index is 747. The average molecular weight is 368 g/mol. The van der Waals surface area contributed by atoms with Crippen molar-refractivity contribution < 1.29 is 19.4 Å². The molecular weight excluding hydrogens is 353 g/mol. The van der Waals surface area contributed by atoms with Crippen LogP contribution in [-0.4, -0.2) is 35.5 Å². The minimum absolute atomic E-state index is 0.0454. The molecule has 2 aromatic carbocycles. The number of carbonyl (C=O) groups is 2. The van der Waals surface area contributed by atoms with Crippen LogP contribution in [0, 0.1) is 0 Å². The molecule has 2 aromatic rings. The molecule has 0 radical (unpaired) electrons. The highest BCUT2D eigenvalue weighted by atomic mass is 35.5. The summed E-state index contributed by atoms with van der Waals surface area (Å²) in [5, 5.41) is 10.0. The molecule has 0 aliphatic rings. The van der Waals surface area contributed by atoms with E-state index in [1.165, 1.54) is 29.2 Å². The number of hydrogen-bond acceptors (Lipinski definition) is 4. The maximum Gasteiger partial charge on any atom is 0.338 e. The van der Waals surface area contributed by atoms with Crippen LogP contribution in [0.25, 0.3) is 0 Å². The fourth-order valence-corrected chi connectivity index (χ4v) is 2.24. The van der Waals surface area contributed by atoms with Crippen LogP contribution in [-0.2, 0) is 16.1 Å². The molecule has 5 nitrogen and oxygen atoms in total. The van der Waals surface area contributed by atoms with Gasteiger partial charge in [0, 0.05) is 13.6 Å². The first-order chi connectivity index (χ1) is 11.4. The molecule has 0 saturated heterocycles. The second-order valence-electron chi connectivity index (χ2n) is 5.12. The Labute approximate surface area is 149 Å². The van der Waals surface area contributed by atoms with E-state index >= 15 is 0 Å². The molecule has 2 rings (SSSR count). The van der Waals surface area contributed by atoms with E-state index in [1.54, 1.807) is 25.2 Å². The van der Waals surface area contributed by atoms with E-state index in [-0.39, 0.29) is 23.8 Å². The van der Waals surface area contributed by atoms with Crippen molar-refractivity contribution in [3.05, 3.63) is 63.6 Å². The van der Waals surface area contributed by atoms with Gasteiger partial charge in [0.1, 0.15) is 5.75 Å². The number of esters is 1. The zero-order chi connectivity index (χ0) is 17.7. The topological polar surface area (TPSA) is 66.8 Å². The summed E-state index contributed by atoms with van der Waals surface area (Å²) in [6.07, 6.45) is 0. The molecule has 0 aliphatic heterocycles. The van der Waals surface area contributed by atoms with Crippen molar-refractivity contribution in [3.8, 4) is 5.75 Å². The third kappa shape index (κ3) is 4.88. The fourth-order valence-electron chi connectivity index (χ4n) is 1.92. The molecule has 0 saturated carbocycles. The monoisotopic (exact) mass is 367 g/mol. The van der Waals surface area contributed by atoms with Gasteiger partial charge in [-0.15, -0.1) is 0 Å². The molecule has 0 fully saturated rings. The Morgan fingerprint density at radius 2 is 1.75 bits per heavy atom. The number of likely N-dealkylation sites (N-methyl/N-ethyl adjacent to an activating group) is 1. The van der Waals surface area contributed by atoms with Gasteiger partial charge in [0.05, 0.1) is 15.6 Å². The summed E-state index contributed by atoms with van der Waals surface area (Å²) in [5.41, 5.74) is 1.07. The zero-order valence-electron chi connectivity index (χ0n) is 12.8. The molecule has 7 heteroatoms. The van der Waals surface area contributed by atoms with Crippen molar-refractivity contribution in [2.75, 3.05) is 13.7 Å². The average Bonchev–Trinajstić information content (AvgIpc) is 2.56. The molecule has 1 amide bonds. The maximum absolute atomic E-state index is 12.0. The third-order valence-electron chi connectivity index (χ3n) is 3.26. The summed E-state index contributed by atoms with van der Waals surface area (Å²) in [6.45, 7) is -0.0655. The van der Waals surface area contributed by atoms with Gasteiger partial charge in [-0.25, -0.2) is 4.79 Å². The molecule has 0 heterocycles. The van der Waals surface area contributed by atoms with E-state index < -0.39 is 5.97 Å². The molecule has 0 unspecified atom stereocenters. The fraction of sp³-hybridized carbons (Fsp3) is 0.176. The number of benzene rings is 2. The summed E-state index contributed by atoms with van der Waals surface area (Å²) < 4.78 is 4.97. The highest BCUT2D eigenvalue weighted by molar-refractivity contribution is 6.42. The number of rotatable bonds is 5. The number of halogens is 2. The first kappa shape index (κ1) is 18.1. The third-order valence-corrected chi connectivity index (χ3v) is 4.00. The van der Waals surface area contributed by atoms with E-state index in [0.29, 0.717) is 16.6 Å². The van der Waals surface area contributed by atoms with Gasteiger partial charge in [-0.2, -0.15) is 0 Å². The normalized spacial score (nSPS) is 10.3. The van der Waals surface area contributed by atoms with Crippen molar-refractivity contribution in [2.45, 2.75) is 6.54 Å². The quantitative estimate of drug-likeness (QED) is 0.821. The molecule has 0 bridgehead atoms. The summed E-state index contributed by atoms with van der Waals surface area (Å²) in [4.78, 5) is 25.3. The van der Waals surface area contributed by atoms with E-state index in [4.69, 9.17) is 27.9 Å². The van der Waals surface area contributed by atoms with Gasteiger partial charge in [-0.3, -0.25) is 4.79 Å².